The summed E-state index contributed by atoms with van der Waals surface area (Å²) in [6, 6.07) is 13.3. The predicted molar refractivity (Wildman–Crippen MR) is 121 cm³/mol. The molecule has 31 heavy (non-hydrogen) atoms. The van der Waals surface area contributed by atoms with Gasteiger partial charge in [-0.25, -0.2) is 4.39 Å². The van der Waals surface area contributed by atoms with Crippen molar-refractivity contribution in [3.05, 3.63) is 71.2 Å². The van der Waals surface area contributed by atoms with Gasteiger partial charge in [-0.15, -0.1) is 0 Å². The average Bonchev–Trinajstić information content (AvgIpc) is 3.56. The number of aryl methyl sites for hydroxylation is 1. The number of nitrogens with zero attached hydrogens (tertiary/aromatic N) is 1. The topological polar surface area (TPSA) is 66.0 Å². The van der Waals surface area contributed by atoms with Crippen molar-refractivity contribution in [3.63, 3.8) is 0 Å². The molecule has 5 rings (SSSR count). The molecule has 0 radical (unpaired) electrons. The summed E-state index contributed by atoms with van der Waals surface area (Å²) < 4.78 is 14.2. The summed E-state index contributed by atoms with van der Waals surface area (Å²) in [5.74, 6) is -0.431. The SMILES string of the molecule is Cc1ccc(NC2CCNCC2)cc1C(=O)NC1(c2ccc(F)c3ncccc23)CC1. The molecule has 1 amide bonds. The molecular weight excluding hydrogens is 391 g/mol. The zero-order valence-electron chi connectivity index (χ0n) is 17.7. The lowest BCUT2D eigenvalue weighted by Gasteiger charge is -2.25. The second kappa shape index (κ2) is 7.93. The first kappa shape index (κ1) is 19.9. The third-order valence-corrected chi connectivity index (χ3v) is 6.53. The Kier molecular flexibility index (Phi) is 5.10. The smallest absolute Gasteiger partial charge is 0.252 e. The Labute approximate surface area is 181 Å². The highest BCUT2D eigenvalue weighted by molar-refractivity contribution is 5.98. The lowest BCUT2D eigenvalue weighted by molar-refractivity contribution is 0.0930. The first-order valence-electron chi connectivity index (χ1n) is 11.0. The van der Waals surface area contributed by atoms with Crippen molar-refractivity contribution in [1.82, 2.24) is 15.6 Å². The van der Waals surface area contributed by atoms with Gasteiger partial charge in [-0.1, -0.05) is 18.2 Å². The predicted octanol–water partition coefficient (Wildman–Crippen LogP) is 4.27. The van der Waals surface area contributed by atoms with E-state index >= 15 is 0 Å². The Hall–Kier alpha value is -2.99. The summed E-state index contributed by atoms with van der Waals surface area (Å²) in [6.07, 6.45) is 5.41. The lowest BCUT2D eigenvalue weighted by atomic mass is 9.98. The number of hydrogen-bond donors (Lipinski definition) is 3. The number of hydrogen-bond acceptors (Lipinski definition) is 4. The van der Waals surface area contributed by atoms with Crippen LogP contribution in [0.2, 0.25) is 0 Å². The van der Waals surface area contributed by atoms with Crippen LogP contribution in [0.4, 0.5) is 10.1 Å². The van der Waals surface area contributed by atoms with Crippen molar-refractivity contribution in [3.8, 4) is 0 Å². The molecule has 2 fully saturated rings. The summed E-state index contributed by atoms with van der Waals surface area (Å²) in [7, 11) is 0. The number of pyridine rings is 1. The monoisotopic (exact) mass is 418 g/mol. The molecule has 160 valence electrons. The molecular formula is C25H27FN4O. The highest BCUT2D eigenvalue weighted by atomic mass is 19.1. The van der Waals surface area contributed by atoms with Crippen molar-refractivity contribution < 1.29 is 9.18 Å². The Morgan fingerprint density at radius 1 is 1.16 bits per heavy atom. The number of aromatic nitrogens is 1. The molecule has 0 unspecified atom stereocenters. The van der Waals surface area contributed by atoms with Crippen LogP contribution in [0.1, 0.15) is 47.2 Å². The Balaban J connectivity index is 1.40. The molecule has 1 aliphatic heterocycles. The number of nitrogens with one attached hydrogen (secondary N) is 3. The Morgan fingerprint density at radius 2 is 1.97 bits per heavy atom. The third-order valence-electron chi connectivity index (χ3n) is 6.53. The summed E-state index contributed by atoms with van der Waals surface area (Å²) in [4.78, 5) is 17.5. The van der Waals surface area contributed by atoms with E-state index in [2.05, 4.69) is 20.9 Å². The molecule has 6 heteroatoms. The van der Waals surface area contributed by atoms with E-state index in [-0.39, 0.29) is 11.7 Å². The summed E-state index contributed by atoms with van der Waals surface area (Å²) >= 11 is 0. The number of rotatable bonds is 5. The maximum Gasteiger partial charge on any atom is 0.252 e. The number of halogens is 1. The van der Waals surface area contributed by atoms with Crippen molar-refractivity contribution in [2.24, 2.45) is 0 Å². The van der Waals surface area contributed by atoms with Gasteiger partial charge in [-0.2, -0.15) is 0 Å². The summed E-state index contributed by atoms with van der Waals surface area (Å²) in [5, 5.41) is 11.0. The van der Waals surface area contributed by atoms with Crippen LogP contribution < -0.4 is 16.0 Å². The van der Waals surface area contributed by atoms with Gasteiger partial charge in [0.1, 0.15) is 11.3 Å². The summed E-state index contributed by atoms with van der Waals surface area (Å²) in [6.45, 7) is 3.99. The quantitative estimate of drug-likeness (QED) is 0.579. The van der Waals surface area contributed by atoms with E-state index in [1.165, 1.54) is 6.07 Å². The molecule has 5 nitrogen and oxygen atoms in total. The largest absolute Gasteiger partial charge is 0.382 e. The van der Waals surface area contributed by atoms with Crippen molar-refractivity contribution in [1.29, 1.82) is 0 Å². The highest BCUT2D eigenvalue weighted by Gasteiger charge is 2.47. The molecule has 0 spiro atoms. The van der Waals surface area contributed by atoms with Crippen LogP contribution in [-0.2, 0) is 5.54 Å². The minimum absolute atomic E-state index is 0.0923. The van der Waals surface area contributed by atoms with Gasteiger partial charge in [0.25, 0.3) is 5.91 Å². The number of amides is 1. The lowest BCUT2D eigenvalue weighted by Crippen LogP contribution is -2.36. The molecule has 1 saturated heterocycles. The summed E-state index contributed by atoms with van der Waals surface area (Å²) in [5.41, 5.74) is 3.42. The van der Waals surface area contributed by atoms with Gasteiger partial charge in [-0.05, 0) is 81.1 Å². The fourth-order valence-corrected chi connectivity index (χ4v) is 4.59. The maximum absolute atomic E-state index is 14.2. The highest BCUT2D eigenvalue weighted by Crippen LogP contribution is 2.48. The standard InChI is InChI=1S/C25H27FN4O/c1-16-4-5-18(29-17-8-13-27-14-9-17)15-20(16)24(31)30-25(10-11-25)21-6-7-22(26)23-19(21)3-2-12-28-23/h2-7,12,15,17,27,29H,8-11,13-14H2,1H3,(H,30,31). The van der Waals surface area contributed by atoms with Gasteiger partial charge in [0, 0.05) is 28.9 Å². The van der Waals surface area contributed by atoms with Crippen LogP contribution in [0.3, 0.4) is 0 Å². The van der Waals surface area contributed by atoms with Crippen LogP contribution in [0.5, 0.6) is 0 Å². The van der Waals surface area contributed by atoms with E-state index in [0.717, 1.165) is 61.0 Å². The van der Waals surface area contributed by atoms with Crippen LogP contribution in [0.25, 0.3) is 10.9 Å². The molecule has 1 aromatic heterocycles. The van der Waals surface area contributed by atoms with Crippen LogP contribution in [-0.4, -0.2) is 30.0 Å². The molecule has 3 aromatic rings. The molecule has 2 aliphatic rings. The van der Waals surface area contributed by atoms with Gasteiger partial charge in [0.2, 0.25) is 0 Å². The van der Waals surface area contributed by atoms with E-state index in [0.29, 0.717) is 17.1 Å². The fraction of sp³-hybridized carbons (Fsp3) is 0.360. The van der Waals surface area contributed by atoms with Crippen molar-refractivity contribution >= 4 is 22.5 Å². The molecule has 3 N–H and O–H groups in total. The minimum Gasteiger partial charge on any atom is -0.382 e. The minimum atomic E-state index is -0.461. The molecule has 0 atom stereocenters. The molecule has 0 bridgehead atoms. The van der Waals surface area contributed by atoms with Gasteiger partial charge < -0.3 is 16.0 Å². The number of anilines is 1. The van der Waals surface area contributed by atoms with E-state index in [1.54, 1.807) is 12.3 Å². The Bertz CT molecular complexity index is 1140. The molecule has 2 heterocycles. The first-order chi connectivity index (χ1) is 15.1. The van der Waals surface area contributed by atoms with Crippen LogP contribution in [0.15, 0.2) is 48.7 Å². The van der Waals surface area contributed by atoms with E-state index < -0.39 is 5.54 Å². The normalized spacial score (nSPS) is 18.0. The molecule has 1 aliphatic carbocycles. The number of fused-ring (bicyclic) bond motifs is 1. The van der Waals surface area contributed by atoms with E-state index in [1.807, 2.05) is 37.3 Å². The van der Waals surface area contributed by atoms with Gasteiger partial charge in [0.05, 0.1) is 5.54 Å². The van der Waals surface area contributed by atoms with Crippen molar-refractivity contribution in [2.45, 2.75) is 44.2 Å². The second-order valence-electron chi connectivity index (χ2n) is 8.73. The zero-order valence-corrected chi connectivity index (χ0v) is 17.7. The maximum atomic E-state index is 14.2. The van der Waals surface area contributed by atoms with Crippen LogP contribution >= 0.6 is 0 Å². The molecule has 1 saturated carbocycles. The van der Waals surface area contributed by atoms with Crippen LogP contribution in [0, 0.1) is 12.7 Å². The molecule has 2 aromatic carbocycles. The van der Waals surface area contributed by atoms with Crippen molar-refractivity contribution in [2.75, 3.05) is 18.4 Å². The van der Waals surface area contributed by atoms with Gasteiger partial charge >= 0.3 is 0 Å². The second-order valence-corrected chi connectivity index (χ2v) is 8.73. The van der Waals surface area contributed by atoms with E-state index in [9.17, 15) is 9.18 Å². The number of benzene rings is 2. The average molecular weight is 419 g/mol. The number of carbonyl (C=O) groups is 1. The number of carbonyl (C=O) groups excluding carboxylic acids is 1. The van der Waals surface area contributed by atoms with E-state index in [4.69, 9.17) is 0 Å². The third kappa shape index (κ3) is 3.88. The number of piperidine rings is 1. The fourth-order valence-electron chi connectivity index (χ4n) is 4.59. The van der Waals surface area contributed by atoms with Gasteiger partial charge in [0.15, 0.2) is 0 Å². The Morgan fingerprint density at radius 3 is 2.74 bits per heavy atom. The zero-order chi connectivity index (χ0) is 21.4. The van der Waals surface area contributed by atoms with Gasteiger partial charge in [-0.3, -0.25) is 9.78 Å². The first-order valence-corrected chi connectivity index (χ1v) is 11.0.